The fourth-order valence-electron chi connectivity index (χ4n) is 4.14. The predicted molar refractivity (Wildman–Crippen MR) is 92.0 cm³/mol. The summed E-state index contributed by atoms with van der Waals surface area (Å²) >= 11 is 0. The van der Waals surface area contributed by atoms with E-state index in [0.29, 0.717) is 16.7 Å². The van der Waals surface area contributed by atoms with Crippen molar-refractivity contribution in [2.75, 3.05) is 18.0 Å². The lowest BCUT2D eigenvalue weighted by molar-refractivity contribution is 0.471. The summed E-state index contributed by atoms with van der Waals surface area (Å²) in [6, 6.07) is 2.32. The Morgan fingerprint density at radius 3 is 2.81 bits per heavy atom. The molecule has 0 bridgehead atoms. The number of nitrogens with zero attached hydrogens (tertiary/aromatic N) is 6. The van der Waals surface area contributed by atoms with Gasteiger partial charge in [0.05, 0.1) is 5.52 Å². The third-order valence-corrected chi connectivity index (χ3v) is 5.38. The van der Waals surface area contributed by atoms with Crippen LogP contribution in [0.15, 0.2) is 18.5 Å². The van der Waals surface area contributed by atoms with Crippen molar-refractivity contribution in [3.8, 4) is 0 Å². The minimum absolute atomic E-state index is 0.262. The molecule has 1 aromatic carbocycles. The number of piperidine rings is 1. The maximum Gasteiger partial charge on any atom is 0.161 e. The summed E-state index contributed by atoms with van der Waals surface area (Å²) in [6.07, 6.45) is 5.55. The Balaban J connectivity index is 1.50. The number of hydrogen-bond donors (Lipinski definition) is 0. The standard InChI is InChI=1S/C18H18F2N6/c19-13-7-12-15(8-14(13)20)21-10-22-18(12)25-5-1-3-11(9-25)17-24-23-16-4-2-6-26(16)17/h7-8,10-11H,1-6,9H2. The van der Waals surface area contributed by atoms with E-state index in [-0.39, 0.29) is 5.92 Å². The summed E-state index contributed by atoms with van der Waals surface area (Å²) in [5, 5.41) is 9.28. The van der Waals surface area contributed by atoms with Gasteiger partial charge in [-0.1, -0.05) is 0 Å². The van der Waals surface area contributed by atoms with E-state index in [0.717, 1.165) is 63.0 Å². The molecule has 0 radical (unpaired) electrons. The first-order valence-corrected chi connectivity index (χ1v) is 8.97. The van der Waals surface area contributed by atoms with Gasteiger partial charge >= 0.3 is 0 Å². The highest BCUT2D eigenvalue weighted by molar-refractivity contribution is 5.89. The van der Waals surface area contributed by atoms with Crippen molar-refractivity contribution >= 4 is 16.7 Å². The highest BCUT2D eigenvalue weighted by Crippen LogP contribution is 2.33. The number of hydrogen-bond acceptors (Lipinski definition) is 5. The number of halogens is 2. The minimum Gasteiger partial charge on any atom is -0.355 e. The Morgan fingerprint density at radius 1 is 1.00 bits per heavy atom. The zero-order valence-corrected chi connectivity index (χ0v) is 14.2. The lowest BCUT2D eigenvalue weighted by atomic mass is 9.96. The number of rotatable bonds is 2. The Labute approximate surface area is 148 Å². The summed E-state index contributed by atoms with van der Waals surface area (Å²) in [5.74, 6) is 1.26. The highest BCUT2D eigenvalue weighted by atomic mass is 19.2. The Bertz CT molecular complexity index is 985. The summed E-state index contributed by atoms with van der Waals surface area (Å²) in [7, 11) is 0. The van der Waals surface area contributed by atoms with Crippen molar-refractivity contribution in [2.45, 2.75) is 38.1 Å². The monoisotopic (exact) mass is 356 g/mol. The van der Waals surface area contributed by atoms with Gasteiger partial charge in [-0.3, -0.25) is 0 Å². The summed E-state index contributed by atoms with van der Waals surface area (Å²) < 4.78 is 29.5. The van der Waals surface area contributed by atoms with Crippen molar-refractivity contribution in [1.82, 2.24) is 24.7 Å². The molecule has 2 aliphatic heterocycles. The summed E-state index contributed by atoms with van der Waals surface area (Å²) in [4.78, 5) is 10.6. The molecule has 2 aromatic heterocycles. The molecule has 26 heavy (non-hydrogen) atoms. The van der Waals surface area contributed by atoms with Crippen LogP contribution < -0.4 is 4.90 Å². The number of aryl methyl sites for hydroxylation is 1. The maximum atomic E-state index is 13.8. The van der Waals surface area contributed by atoms with Crippen molar-refractivity contribution < 1.29 is 8.78 Å². The zero-order valence-electron chi connectivity index (χ0n) is 14.2. The normalized spacial score (nSPS) is 19.9. The van der Waals surface area contributed by atoms with Gasteiger partial charge in [-0.05, 0) is 25.3 Å². The van der Waals surface area contributed by atoms with Gasteiger partial charge in [0.1, 0.15) is 23.8 Å². The number of fused-ring (bicyclic) bond motifs is 2. The van der Waals surface area contributed by atoms with E-state index in [1.54, 1.807) is 0 Å². The predicted octanol–water partition coefficient (Wildman–Crippen LogP) is 2.83. The molecule has 1 fully saturated rings. The molecule has 1 saturated heterocycles. The van der Waals surface area contributed by atoms with Crippen molar-refractivity contribution in [2.24, 2.45) is 0 Å². The van der Waals surface area contributed by atoms with Crippen molar-refractivity contribution in [3.05, 3.63) is 41.7 Å². The molecule has 1 unspecified atom stereocenters. The fraction of sp³-hybridized carbons (Fsp3) is 0.444. The van der Waals surface area contributed by atoms with Gasteiger partial charge in [0, 0.05) is 43.4 Å². The first-order valence-electron chi connectivity index (χ1n) is 8.97. The lowest BCUT2D eigenvalue weighted by Crippen LogP contribution is -2.36. The molecule has 1 atom stereocenters. The molecule has 5 rings (SSSR count). The second-order valence-corrected chi connectivity index (χ2v) is 7.00. The molecule has 0 amide bonds. The van der Waals surface area contributed by atoms with E-state index < -0.39 is 11.6 Å². The first kappa shape index (κ1) is 15.6. The average molecular weight is 356 g/mol. The van der Waals surface area contributed by atoms with Crippen LogP contribution in [0, 0.1) is 11.6 Å². The van der Waals surface area contributed by atoms with Gasteiger partial charge in [-0.15, -0.1) is 10.2 Å². The largest absolute Gasteiger partial charge is 0.355 e. The molecule has 0 saturated carbocycles. The molecule has 134 valence electrons. The second-order valence-electron chi connectivity index (χ2n) is 7.00. The SMILES string of the molecule is Fc1cc2ncnc(N3CCCC(c4nnc5n4CCC5)C3)c2cc1F. The molecule has 6 nitrogen and oxygen atoms in total. The van der Waals surface area contributed by atoms with Crippen LogP contribution >= 0.6 is 0 Å². The van der Waals surface area contributed by atoms with Crippen LogP contribution in [-0.4, -0.2) is 37.8 Å². The fourth-order valence-corrected chi connectivity index (χ4v) is 4.14. The Hall–Kier alpha value is -2.64. The molecule has 4 heterocycles. The van der Waals surface area contributed by atoms with Gasteiger partial charge in [-0.2, -0.15) is 0 Å². The average Bonchev–Trinajstić information content (AvgIpc) is 3.26. The van der Waals surface area contributed by atoms with Gasteiger partial charge in [-0.25, -0.2) is 18.7 Å². The molecule has 0 aliphatic carbocycles. The highest BCUT2D eigenvalue weighted by Gasteiger charge is 2.29. The number of anilines is 1. The number of benzene rings is 1. The van der Waals surface area contributed by atoms with Crippen LogP contribution in [-0.2, 0) is 13.0 Å². The van der Waals surface area contributed by atoms with E-state index in [4.69, 9.17) is 0 Å². The van der Waals surface area contributed by atoms with Crippen LogP contribution in [0.4, 0.5) is 14.6 Å². The van der Waals surface area contributed by atoms with Crippen LogP contribution in [0.2, 0.25) is 0 Å². The maximum absolute atomic E-state index is 13.8. The Morgan fingerprint density at radius 2 is 1.88 bits per heavy atom. The quantitative estimate of drug-likeness (QED) is 0.707. The van der Waals surface area contributed by atoms with E-state index in [1.165, 1.54) is 12.4 Å². The molecule has 2 aliphatic rings. The van der Waals surface area contributed by atoms with Gasteiger partial charge < -0.3 is 9.47 Å². The molecule has 0 N–H and O–H groups in total. The Kier molecular flexibility index (Phi) is 3.58. The lowest BCUT2D eigenvalue weighted by Gasteiger charge is -2.33. The van der Waals surface area contributed by atoms with Gasteiger partial charge in [0.15, 0.2) is 11.6 Å². The van der Waals surface area contributed by atoms with Crippen LogP contribution in [0.5, 0.6) is 0 Å². The van der Waals surface area contributed by atoms with E-state index in [1.807, 2.05) is 0 Å². The second kappa shape index (κ2) is 5.96. The minimum atomic E-state index is -0.891. The van der Waals surface area contributed by atoms with Crippen LogP contribution in [0.3, 0.4) is 0 Å². The third kappa shape index (κ3) is 2.43. The first-order chi connectivity index (χ1) is 12.7. The molecular formula is C18H18F2N6. The van der Waals surface area contributed by atoms with Crippen molar-refractivity contribution in [3.63, 3.8) is 0 Å². The number of aromatic nitrogens is 5. The molecular weight excluding hydrogens is 338 g/mol. The summed E-state index contributed by atoms with van der Waals surface area (Å²) in [6.45, 7) is 2.54. The molecule has 3 aromatic rings. The van der Waals surface area contributed by atoms with E-state index >= 15 is 0 Å². The van der Waals surface area contributed by atoms with E-state index in [2.05, 4.69) is 29.6 Å². The van der Waals surface area contributed by atoms with Crippen molar-refractivity contribution in [1.29, 1.82) is 0 Å². The van der Waals surface area contributed by atoms with Gasteiger partial charge in [0.2, 0.25) is 0 Å². The molecule has 0 spiro atoms. The van der Waals surface area contributed by atoms with Crippen LogP contribution in [0.25, 0.3) is 10.9 Å². The van der Waals surface area contributed by atoms with Gasteiger partial charge in [0.25, 0.3) is 0 Å². The summed E-state index contributed by atoms with van der Waals surface area (Å²) in [5.41, 5.74) is 0.416. The van der Waals surface area contributed by atoms with E-state index in [9.17, 15) is 8.78 Å². The zero-order chi connectivity index (χ0) is 17.7. The van der Waals surface area contributed by atoms with Crippen LogP contribution in [0.1, 0.15) is 36.8 Å². The molecule has 8 heteroatoms. The third-order valence-electron chi connectivity index (χ3n) is 5.38. The topological polar surface area (TPSA) is 59.7 Å². The smallest absolute Gasteiger partial charge is 0.161 e.